The van der Waals surface area contributed by atoms with Crippen molar-refractivity contribution in [3.05, 3.63) is 53.1 Å². The zero-order valence-electron chi connectivity index (χ0n) is 27.4. The highest BCUT2D eigenvalue weighted by atomic mass is 16.5. The third-order valence-corrected chi connectivity index (χ3v) is 6.68. The lowest BCUT2D eigenvalue weighted by molar-refractivity contribution is 0.0693. The number of rotatable bonds is 7. The van der Waals surface area contributed by atoms with Crippen molar-refractivity contribution >= 4 is 23.2 Å². The van der Waals surface area contributed by atoms with Gasteiger partial charge in [0.25, 0.3) is 0 Å². The van der Waals surface area contributed by atoms with E-state index in [0.29, 0.717) is 23.2 Å². The van der Waals surface area contributed by atoms with Gasteiger partial charge in [0.2, 0.25) is 0 Å². The first-order valence-corrected chi connectivity index (χ1v) is 15.4. The second-order valence-corrected chi connectivity index (χ2v) is 10.9. The number of amidine groups is 1. The lowest BCUT2D eigenvalue weighted by Crippen LogP contribution is -2.12. The van der Waals surface area contributed by atoms with E-state index in [4.69, 9.17) is 4.74 Å². The van der Waals surface area contributed by atoms with Crippen LogP contribution in [0, 0.1) is 18.8 Å². The summed E-state index contributed by atoms with van der Waals surface area (Å²) in [6, 6.07) is 11.4. The van der Waals surface area contributed by atoms with Gasteiger partial charge in [-0.15, -0.1) is 0 Å². The van der Waals surface area contributed by atoms with Crippen molar-refractivity contribution in [2.45, 2.75) is 120 Å². The standard InChI is InChI=1S/C20H24N2O3.C10H20.C3H8.C2H6/c1-12(2)15-6-8-16(9-7-15)21-14(4)22-18-11-17(20(23)24)19(25-5)10-13(18)3;1-3-5-10-7-4-6-9(2)8-10;1-3-2;1-2/h6-12H,1-5H3,(H,21,22)(H,23,24);9-10H,3-8H2,1-2H3;3H2,1-2H3;1-2H3/t;9?,10-;;/m.0../s1. The summed E-state index contributed by atoms with van der Waals surface area (Å²) in [6.07, 6.45) is 10.1. The summed E-state index contributed by atoms with van der Waals surface area (Å²) in [5.41, 5.74) is 3.76. The highest BCUT2D eigenvalue weighted by Gasteiger charge is 2.17. The van der Waals surface area contributed by atoms with Gasteiger partial charge in [0.1, 0.15) is 17.1 Å². The third-order valence-electron chi connectivity index (χ3n) is 6.68. The van der Waals surface area contributed by atoms with Gasteiger partial charge in [0, 0.05) is 5.69 Å². The molecule has 0 spiro atoms. The number of aliphatic imine (C=N–C) groups is 1. The van der Waals surface area contributed by atoms with Crippen molar-refractivity contribution in [2.75, 3.05) is 12.4 Å². The van der Waals surface area contributed by atoms with Crippen LogP contribution in [0.15, 0.2) is 41.4 Å². The number of ether oxygens (including phenoxy) is 1. The molecule has 2 N–H and O–H groups in total. The summed E-state index contributed by atoms with van der Waals surface area (Å²) in [5.74, 6) is 2.56. The maximum atomic E-state index is 11.4. The molecular weight excluding hydrogens is 496 g/mol. The number of carboxylic acid groups (broad SMARTS) is 1. The smallest absolute Gasteiger partial charge is 0.339 e. The summed E-state index contributed by atoms with van der Waals surface area (Å²) in [5, 5.41) is 12.5. The largest absolute Gasteiger partial charge is 0.496 e. The highest BCUT2D eigenvalue weighted by Crippen LogP contribution is 2.31. The number of carbonyl (C=O) groups is 1. The average molecular weight is 555 g/mol. The molecular formula is C35H58N2O3. The Labute approximate surface area is 245 Å². The zero-order valence-corrected chi connectivity index (χ0v) is 27.4. The second kappa shape index (κ2) is 21.0. The Balaban J connectivity index is 0.000000837. The van der Waals surface area contributed by atoms with Crippen LogP contribution < -0.4 is 10.1 Å². The molecule has 5 nitrogen and oxygen atoms in total. The molecule has 2 atom stereocenters. The highest BCUT2D eigenvalue weighted by molar-refractivity contribution is 5.97. The molecule has 1 aliphatic carbocycles. The van der Waals surface area contributed by atoms with Crippen molar-refractivity contribution in [3.63, 3.8) is 0 Å². The van der Waals surface area contributed by atoms with E-state index in [1.807, 2.05) is 39.8 Å². The van der Waals surface area contributed by atoms with Gasteiger partial charge in [-0.1, -0.05) is 106 Å². The molecule has 0 bridgehead atoms. The number of nitrogens with one attached hydrogen (secondary N) is 1. The minimum absolute atomic E-state index is 0.0981. The summed E-state index contributed by atoms with van der Waals surface area (Å²) < 4.78 is 5.13. The molecule has 1 fully saturated rings. The molecule has 2 aromatic rings. The van der Waals surface area contributed by atoms with Crippen LogP contribution in [0.1, 0.15) is 135 Å². The van der Waals surface area contributed by atoms with Crippen LogP contribution in [0.4, 0.5) is 11.4 Å². The Kier molecular flexibility index (Phi) is 19.5. The summed E-state index contributed by atoms with van der Waals surface area (Å²) in [4.78, 5) is 15.9. The number of hydrogen-bond donors (Lipinski definition) is 2. The molecule has 2 aromatic carbocycles. The molecule has 0 saturated heterocycles. The topological polar surface area (TPSA) is 70.9 Å². The molecule has 0 heterocycles. The van der Waals surface area contributed by atoms with E-state index >= 15 is 0 Å². The Morgan fingerprint density at radius 1 is 1.10 bits per heavy atom. The first-order valence-electron chi connectivity index (χ1n) is 15.4. The fraction of sp³-hybridized carbons (Fsp3) is 0.600. The molecule has 0 radical (unpaired) electrons. The maximum Gasteiger partial charge on any atom is 0.339 e. The number of aromatic carboxylic acids is 1. The predicted molar refractivity (Wildman–Crippen MR) is 175 cm³/mol. The molecule has 40 heavy (non-hydrogen) atoms. The normalized spacial score (nSPS) is 16.4. The van der Waals surface area contributed by atoms with Crippen LogP contribution in [0.3, 0.4) is 0 Å². The van der Waals surface area contributed by atoms with Gasteiger partial charge in [-0.2, -0.15) is 0 Å². The predicted octanol–water partition coefficient (Wildman–Crippen LogP) is 11.0. The zero-order chi connectivity index (χ0) is 30.7. The van der Waals surface area contributed by atoms with E-state index in [0.717, 1.165) is 23.1 Å². The monoisotopic (exact) mass is 554 g/mol. The molecule has 226 valence electrons. The van der Waals surface area contributed by atoms with Crippen LogP contribution in [0.2, 0.25) is 0 Å². The summed E-state index contributed by atoms with van der Waals surface area (Å²) in [7, 11) is 1.46. The molecule has 1 unspecified atom stereocenters. The van der Waals surface area contributed by atoms with E-state index in [2.05, 4.69) is 64.0 Å². The van der Waals surface area contributed by atoms with Gasteiger partial charge in [-0.25, -0.2) is 9.79 Å². The molecule has 3 rings (SSSR count). The van der Waals surface area contributed by atoms with Gasteiger partial charge in [0.15, 0.2) is 0 Å². The number of anilines is 1. The van der Waals surface area contributed by atoms with Gasteiger partial charge >= 0.3 is 5.97 Å². The molecule has 5 heteroatoms. The molecule has 1 aliphatic rings. The first kappa shape index (κ1) is 37.2. The number of hydrogen-bond acceptors (Lipinski definition) is 3. The van der Waals surface area contributed by atoms with E-state index in [-0.39, 0.29) is 5.56 Å². The lowest BCUT2D eigenvalue weighted by Gasteiger charge is -2.26. The van der Waals surface area contributed by atoms with Crippen LogP contribution in [-0.4, -0.2) is 24.0 Å². The van der Waals surface area contributed by atoms with E-state index < -0.39 is 5.97 Å². The Bertz CT molecular complexity index is 994. The van der Waals surface area contributed by atoms with E-state index in [1.54, 1.807) is 6.07 Å². The van der Waals surface area contributed by atoms with Crippen LogP contribution >= 0.6 is 0 Å². The summed E-state index contributed by atoms with van der Waals surface area (Å²) in [6.45, 7) is 21.0. The van der Waals surface area contributed by atoms with E-state index in [9.17, 15) is 9.90 Å². The van der Waals surface area contributed by atoms with Gasteiger partial charge in [0.05, 0.1) is 12.8 Å². The molecule has 0 amide bonds. The Hall–Kier alpha value is -2.82. The number of carboxylic acids is 1. The van der Waals surface area contributed by atoms with Gasteiger partial charge in [-0.05, 0) is 73.4 Å². The average Bonchev–Trinajstić information content (AvgIpc) is 2.92. The first-order chi connectivity index (χ1) is 19.1. The number of aryl methyl sites for hydroxylation is 1. The molecule has 1 saturated carbocycles. The Morgan fingerprint density at radius 3 is 2.17 bits per heavy atom. The van der Waals surface area contributed by atoms with E-state index in [1.165, 1.54) is 63.7 Å². The van der Waals surface area contributed by atoms with Crippen molar-refractivity contribution in [1.29, 1.82) is 0 Å². The Morgan fingerprint density at radius 2 is 1.70 bits per heavy atom. The number of nitrogens with zero attached hydrogens (tertiary/aromatic N) is 1. The number of methoxy groups -OCH3 is 1. The SMILES string of the molecule is CC.CCC.CCC[C@H]1CCCC(C)C1.COc1cc(C)c(N=C(C)Nc2ccc(C(C)C)cc2)cc1C(=O)O. The molecule has 0 aliphatic heterocycles. The second-order valence-electron chi connectivity index (χ2n) is 10.9. The van der Waals surface area contributed by atoms with Crippen molar-refractivity contribution in [2.24, 2.45) is 16.8 Å². The van der Waals surface area contributed by atoms with Gasteiger partial charge < -0.3 is 15.2 Å². The maximum absolute atomic E-state index is 11.4. The minimum atomic E-state index is -1.04. The van der Waals surface area contributed by atoms with Crippen molar-refractivity contribution in [1.82, 2.24) is 0 Å². The van der Waals surface area contributed by atoms with Crippen molar-refractivity contribution < 1.29 is 14.6 Å². The fourth-order valence-corrected chi connectivity index (χ4v) is 4.73. The molecule has 0 aromatic heterocycles. The van der Waals surface area contributed by atoms with Gasteiger partial charge in [-0.3, -0.25) is 0 Å². The van der Waals surface area contributed by atoms with Crippen LogP contribution in [0.5, 0.6) is 5.75 Å². The summed E-state index contributed by atoms with van der Waals surface area (Å²) >= 11 is 0. The lowest BCUT2D eigenvalue weighted by atomic mass is 9.80. The quantitative estimate of drug-likeness (QED) is 0.264. The van der Waals surface area contributed by atoms with Crippen LogP contribution in [-0.2, 0) is 0 Å². The fourth-order valence-electron chi connectivity index (χ4n) is 4.73. The van der Waals surface area contributed by atoms with Crippen molar-refractivity contribution in [3.8, 4) is 5.75 Å². The number of benzene rings is 2. The third kappa shape index (κ3) is 14.0. The minimum Gasteiger partial charge on any atom is -0.496 e. The van der Waals surface area contributed by atoms with Crippen LogP contribution in [0.25, 0.3) is 0 Å².